The molecule has 0 bridgehead atoms. The van der Waals surface area contributed by atoms with Crippen LogP contribution in [0.2, 0.25) is 0 Å². The first-order valence-electron chi connectivity index (χ1n) is 11.7. The smallest absolute Gasteiger partial charge is 0.409 e. The normalized spacial score (nSPS) is 15.2. The molecule has 0 aliphatic heterocycles. The van der Waals surface area contributed by atoms with Crippen LogP contribution in [-0.2, 0) is 21.6 Å². The molecule has 0 aliphatic rings. The van der Waals surface area contributed by atoms with Gasteiger partial charge >= 0.3 is 12.1 Å². The second-order valence-electron chi connectivity index (χ2n) is 8.63. The van der Waals surface area contributed by atoms with Gasteiger partial charge in [0, 0.05) is 22.2 Å². The fourth-order valence-corrected chi connectivity index (χ4v) is 3.98. The van der Waals surface area contributed by atoms with Gasteiger partial charge in [-0.1, -0.05) is 78.7 Å². The Bertz CT molecular complexity index is 982. The molecule has 0 radical (unpaired) electrons. The minimum Gasteiger partial charge on any atom is -0.481 e. The third-order valence-corrected chi connectivity index (χ3v) is 5.76. The fraction of sp³-hybridized carbons (Fsp3) is 0.440. The van der Waals surface area contributed by atoms with Gasteiger partial charge in [0.25, 0.3) is 0 Å². The Hall–Kier alpha value is -2.34. The number of carboxylic acids is 1. The Morgan fingerprint density at radius 3 is 2.45 bits per heavy atom. The van der Waals surface area contributed by atoms with E-state index in [0.717, 1.165) is 5.56 Å². The molecule has 168 valence electrons. The van der Waals surface area contributed by atoms with Crippen LogP contribution in [-0.4, -0.2) is 35.7 Å². The Morgan fingerprint density at radius 2 is 1.84 bits per heavy atom. The minimum absolute atomic E-state index is 0.0547. The molecule has 6 heteroatoms. The quantitative estimate of drug-likeness (QED) is 0.425. The van der Waals surface area contributed by atoms with Crippen molar-refractivity contribution in [3.05, 3.63) is 70.2 Å². The zero-order valence-electron chi connectivity index (χ0n) is 21.2. The molecule has 2 rings (SSSR count). The maximum absolute atomic E-state index is 12.4. The van der Waals surface area contributed by atoms with Crippen LogP contribution in [0.3, 0.4) is 0 Å². The molecule has 1 N–H and O–H groups in total. The van der Waals surface area contributed by atoms with Gasteiger partial charge in [0.1, 0.15) is 6.61 Å². The van der Waals surface area contributed by atoms with Gasteiger partial charge < -0.3 is 14.7 Å². The number of halogens is 1. The minimum atomic E-state index is -2.73. The SMILES string of the molecule is [2H]C([2H])([2H])C(CCCC(C)(C)CN(C)C(=O)OCc1ccccc1)(C(=O)O)c1cccc(Br)c1. The van der Waals surface area contributed by atoms with Crippen LogP contribution in [0.25, 0.3) is 0 Å². The number of amides is 1. The first-order chi connectivity index (χ1) is 15.8. The number of carboxylic acid groups (broad SMARTS) is 1. The molecule has 1 unspecified atom stereocenters. The lowest BCUT2D eigenvalue weighted by Crippen LogP contribution is -2.37. The second-order valence-corrected chi connectivity index (χ2v) is 9.55. The maximum atomic E-state index is 12.4. The number of hydrogen-bond donors (Lipinski definition) is 1. The van der Waals surface area contributed by atoms with Crippen LogP contribution in [0.5, 0.6) is 0 Å². The number of ether oxygens (including phenoxy) is 1. The molecule has 31 heavy (non-hydrogen) atoms. The monoisotopic (exact) mass is 492 g/mol. The van der Waals surface area contributed by atoms with E-state index in [1.54, 1.807) is 31.3 Å². The average Bonchev–Trinajstić information content (AvgIpc) is 2.74. The van der Waals surface area contributed by atoms with Crippen molar-refractivity contribution in [2.45, 2.75) is 52.0 Å². The number of carbonyl (C=O) groups is 2. The Labute approximate surface area is 197 Å². The molecule has 0 fully saturated rings. The third kappa shape index (κ3) is 7.39. The molecule has 2 aromatic carbocycles. The van der Waals surface area contributed by atoms with E-state index in [9.17, 15) is 14.7 Å². The van der Waals surface area contributed by atoms with E-state index in [-0.39, 0.29) is 24.0 Å². The highest BCUT2D eigenvalue weighted by Crippen LogP contribution is 2.34. The summed E-state index contributed by atoms with van der Waals surface area (Å²) >= 11 is 3.31. The highest BCUT2D eigenvalue weighted by molar-refractivity contribution is 9.10. The fourth-order valence-electron chi connectivity index (χ4n) is 3.58. The first kappa shape index (κ1) is 20.6. The van der Waals surface area contributed by atoms with Crippen LogP contribution < -0.4 is 0 Å². The van der Waals surface area contributed by atoms with Crippen molar-refractivity contribution < 1.29 is 23.5 Å². The van der Waals surface area contributed by atoms with Gasteiger partial charge in [-0.3, -0.25) is 4.79 Å². The summed E-state index contributed by atoms with van der Waals surface area (Å²) in [5, 5.41) is 10.1. The van der Waals surface area contributed by atoms with E-state index in [1.807, 2.05) is 44.2 Å². The standard InChI is InChI=1S/C25H32BrNO4/c1-24(2,18-27(4)23(30)31-17-19-10-6-5-7-11-19)14-9-15-25(3,22(28)29)20-12-8-13-21(26)16-20/h5-8,10-13,16H,9,14-15,17-18H2,1-4H3,(H,28,29)/i3D3. The van der Waals surface area contributed by atoms with Gasteiger partial charge in [-0.25, -0.2) is 4.79 Å². The molecule has 1 atom stereocenters. The molecule has 5 nitrogen and oxygen atoms in total. The largest absolute Gasteiger partial charge is 0.481 e. The number of benzene rings is 2. The van der Waals surface area contributed by atoms with E-state index in [2.05, 4.69) is 15.9 Å². The molecular formula is C25H32BrNO4. The van der Waals surface area contributed by atoms with E-state index in [1.165, 1.54) is 4.90 Å². The summed E-state index contributed by atoms with van der Waals surface area (Å²) in [6.07, 6.45) is 0.383. The van der Waals surface area contributed by atoms with Gasteiger partial charge in [-0.05, 0) is 48.4 Å². The van der Waals surface area contributed by atoms with Crippen molar-refractivity contribution in [3.63, 3.8) is 0 Å². The Morgan fingerprint density at radius 1 is 1.13 bits per heavy atom. The lowest BCUT2D eigenvalue weighted by Gasteiger charge is -2.32. The summed E-state index contributed by atoms with van der Waals surface area (Å²) in [6.45, 7) is 1.75. The summed E-state index contributed by atoms with van der Waals surface area (Å²) in [7, 11) is 1.65. The molecule has 2 aromatic rings. The zero-order valence-corrected chi connectivity index (χ0v) is 19.8. The second kappa shape index (κ2) is 10.8. The zero-order chi connectivity index (χ0) is 25.6. The third-order valence-electron chi connectivity index (χ3n) is 5.27. The van der Waals surface area contributed by atoms with Gasteiger partial charge in [0.05, 0.1) is 5.41 Å². The van der Waals surface area contributed by atoms with Gasteiger partial charge in [0.15, 0.2) is 0 Å². The summed E-state index contributed by atoms with van der Waals surface area (Å²) < 4.78 is 30.2. The molecule has 0 saturated heterocycles. The van der Waals surface area contributed by atoms with E-state index >= 15 is 0 Å². The number of hydrogen-bond acceptors (Lipinski definition) is 3. The van der Waals surface area contributed by atoms with E-state index in [0.29, 0.717) is 23.9 Å². The van der Waals surface area contributed by atoms with Crippen molar-refractivity contribution in [1.82, 2.24) is 4.90 Å². The van der Waals surface area contributed by atoms with Crippen molar-refractivity contribution in [3.8, 4) is 0 Å². The Balaban J connectivity index is 2.04. The van der Waals surface area contributed by atoms with Gasteiger partial charge in [-0.15, -0.1) is 0 Å². The van der Waals surface area contributed by atoms with E-state index in [4.69, 9.17) is 8.85 Å². The van der Waals surface area contributed by atoms with E-state index < -0.39 is 24.3 Å². The number of nitrogens with zero attached hydrogens (tertiary/aromatic N) is 1. The summed E-state index contributed by atoms with van der Waals surface area (Å²) in [6, 6.07) is 15.9. The highest BCUT2D eigenvalue weighted by Gasteiger charge is 2.35. The molecule has 1 amide bonds. The van der Waals surface area contributed by atoms with Crippen LogP contribution in [0.15, 0.2) is 59.1 Å². The van der Waals surface area contributed by atoms with Crippen molar-refractivity contribution in [1.29, 1.82) is 0 Å². The van der Waals surface area contributed by atoms with Crippen LogP contribution in [0, 0.1) is 5.41 Å². The first-order valence-corrected chi connectivity index (χ1v) is 11.0. The number of carbonyl (C=O) groups excluding carboxylic acids is 1. The predicted molar refractivity (Wildman–Crippen MR) is 126 cm³/mol. The van der Waals surface area contributed by atoms with Crippen molar-refractivity contribution >= 4 is 28.0 Å². The lowest BCUT2D eigenvalue weighted by atomic mass is 9.76. The van der Waals surface area contributed by atoms with Crippen LogP contribution in [0.4, 0.5) is 4.79 Å². The number of aliphatic carboxylic acids is 1. The molecule has 0 saturated carbocycles. The molecule has 0 aromatic heterocycles. The molecule has 0 spiro atoms. The summed E-state index contributed by atoms with van der Waals surface area (Å²) in [5.74, 6) is -1.37. The lowest BCUT2D eigenvalue weighted by molar-refractivity contribution is -0.143. The molecule has 0 heterocycles. The predicted octanol–water partition coefficient (Wildman–Crippen LogP) is 6.26. The van der Waals surface area contributed by atoms with Gasteiger partial charge in [0.2, 0.25) is 0 Å². The molecular weight excluding hydrogens is 458 g/mol. The van der Waals surface area contributed by atoms with Crippen molar-refractivity contribution in [2.75, 3.05) is 13.6 Å². The topological polar surface area (TPSA) is 66.8 Å². The average molecular weight is 493 g/mol. The number of rotatable bonds is 10. The van der Waals surface area contributed by atoms with Crippen LogP contribution >= 0.6 is 15.9 Å². The van der Waals surface area contributed by atoms with Crippen molar-refractivity contribution in [2.24, 2.45) is 5.41 Å². The maximum Gasteiger partial charge on any atom is 0.409 e. The summed E-state index contributed by atoms with van der Waals surface area (Å²) in [4.78, 5) is 26.3. The highest BCUT2D eigenvalue weighted by atomic mass is 79.9. The molecule has 0 aliphatic carbocycles. The van der Waals surface area contributed by atoms with Gasteiger partial charge in [-0.2, -0.15) is 0 Å². The van der Waals surface area contributed by atoms with Crippen LogP contribution in [0.1, 0.15) is 55.2 Å². The Kier molecular flexibility index (Phi) is 7.16. The summed E-state index contributed by atoms with van der Waals surface area (Å²) in [5.41, 5.74) is -1.26.